The second kappa shape index (κ2) is 7.71. The van der Waals surface area contributed by atoms with E-state index in [2.05, 4.69) is 4.74 Å². The molecule has 150 valence electrons. The zero-order chi connectivity index (χ0) is 20.5. The average Bonchev–Trinajstić information content (AvgIpc) is 2.90. The molecule has 0 aromatic heterocycles. The number of hydrogen-bond donors (Lipinski definition) is 1. The van der Waals surface area contributed by atoms with Crippen molar-refractivity contribution in [1.82, 2.24) is 4.90 Å². The minimum Gasteiger partial charge on any atom is -0.496 e. The Balaban J connectivity index is 1.86. The number of likely N-dealkylation sites (tertiary alicyclic amines) is 1. The van der Waals surface area contributed by atoms with Crippen LogP contribution in [0.5, 0.6) is 11.5 Å². The van der Waals surface area contributed by atoms with E-state index in [1.807, 2.05) is 19.1 Å². The summed E-state index contributed by atoms with van der Waals surface area (Å²) in [5, 5.41) is 10.1. The highest BCUT2D eigenvalue weighted by molar-refractivity contribution is 5.84. The number of benzene rings is 2. The number of nitrogens with zero attached hydrogens (tertiary/aromatic N) is 1. The number of aryl methyl sites for hydroxylation is 1. The first kappa shape index (κ1) is 20.0. The quantitative estimate of drug-likeness (QED) is 0.838. The van der Waals surface area contributed by atoms with Crippen molar-refractivity contribution >= 4 is 5.91 Å². The van der Waals surface area contributed by atoms with Gasteiger partial charge in [-0.15, -0.1) is 13.2 Å². The maximum absolute atomic E-state index is 12.5. The highest BCUT2D eigenvalue weighted by atomic mass is 19.4. The lowest BCUT2D eigenvalue weighted by molar-refractivity contribution is -0.274. The Kier molecular flexibility index (Phi) is 5.51. The maximum Gasteiger partial charge on any atom is 0.573 e. The highest BCUT2D eigenvalue weighted by Crippen LogP contribution is 2.40. The molecule has 1 aliphatic heterocycles. The van der Waals surface area contributed by atoms with Crippen molar-refractivity contribution < 1.29 is 32.5 Å². The largest absolute Gasteiger partial charge is 0.573 e. The smallest absolute Gasteiger partial charge is 0.496 e. The van der Waals surface area contributed by atoms with Crippen LogP contribution < -0.4 is 9.47 Å². The lowest BCUT2D eigenvalue weighted by Gasteiger charge is -2.27. The number of halogens is 3. The van der Waals surface area contributed by atoms with Crippen LogP contribution in [0.3, 0.4) is 0 Å². The Morgan fingerprint density at radius 3 is 2.46 bits per heavy atom. The number of ether oxygens (including phenoxy) is 2. The van der Waals surface area contributed by atoms with Crippen molar-refractivity contribution in [2.24, 2.45) is 0 Å². The molecule has 1 saturated heterocycles. The molecule has 28 heavy (non-hydrogen) atoms. The second-order valence-electron chi connectivity index (χ2n) is 6.62. The van der Waals surface area contributed by atoms with Crippen molar-refractivity contribution in [3.63, 3.8) is 0 Å². The van der Waals surface area contributed by atoms with E-state index < -0.39 is 24.4 Å². The Labute approximate surface area is 160 Å². The summed E-state index contributed by atoms with van der Waals surface area (Å²) in [7, 11) is 1.54. The summed E-state index contributed by atoms with van der Waals surface area (Å²) in [4.78, 5) is 14.0. The number of aliphatic hydroxyl groups excluding tert-OH is 1. The molecule has 5 nitrogen and oxygen atoms in total. The van der Waals surface area contributed by atoms with Gasteiger partial charge in [-0.05, 0) is 36.2 Å². The van der Waals surface area contributed by atoms with Gasteiger partial charge in [0.05, 0.1) is 13.2 Å². The number of carbonyl (C=O) groups excluding carboxylic acids is 1. The van der Waals surface area contributed by atoms with Crippen LogP contribution >= 0.6 is 0 Å². The molecule has 2 aromatic rings. The van der Waals surface area contributed by atoms with Gasteiger partial charge in [0.15, 0.2) is 0 Å². The summed E-state index contributed by atoms with van der Waals surface area (Å²) in [5.41, 5.74) is 2.35. The van der Waals surface area contributed by atoms with Crippen LogP contribution in [0.15, 0.2) is 42.5 Å². The van der Waals surface area contributed by atoms with Gasteiger partial charge < -0.3 is 19.5 Å². The van der Waals surface area contributed by atoms with Gasteiger partial charge in [0.2, 0.25) is 0 Å². The number of aliphatic hydroxyl groups is 1. The molecule has 2 aromatic carbocycles. The molecule has 2 unspecified atom stereocenters. The Morgan fingerprint density at radius 1 is 1.18 bits per heavy atom. The van der Waals surface area contributed by atoms with E-state index in [0.717, 1.165) is 11.1 Å². The fourth-order valence-corrected chi connectivity index (χ4v) is 3.50. The van der Waals surface area contributed by atoms with Crippen molar-refractivity contribution in [2.75, 3.05) is 7.11 Å². The number of amides is 1. The molecular weight excluding hydrogens is 375 g/mol. The third-order valence-corrected chi connectivity index (χ3v) is 4.74. The van der Waals surface area contributed by atoms with Crippen molar-refractivity contribution in [3.8, 4) is 11.5 Å². The molecule has 0 radical (unpaired) electrons. The first-order valence-corrected chi connectivity index (χ1v) is 8.66. The van der Waals surface area contributed by atoms with Crippen molar-refractivity contribution in [1.29, 1.82) is 0 Å². The summed E-state index contributed by atoms with van der Waals surface area (Å²) in [5.74, 6) is -0.141. The molecule has 1 heterocycles. The molecule has 0 saturated carbocycles. The standard InChI is InChI=1S/C20H20F3NO4/c1-12-4-3-5-17(27-2)18(12)15-10-16(25)19(26)24(15)11-13-6-8-14(9-7-13)28-20(21,22)23/h3-9,15-16,25H,10-11H2,1-2H3. The second-order valence-corrected chi connectivity index (χ2v) is 6.62. The molecule has 0 bridgehead atoms. The summed E-state index contributed by atoms with van der Waals surface area (Å²) in [6, 6.07) is 10.5. The zero-order valence-electron chi connectivity index (χ0n) is 15.4. The maximum atomic E-state index is 12.5. The average molecular weight is 395 g/mol. The van der Waals surface area contributed by atoms with Gasteiger partial charge in [-0.1, -0.05) is 24.3 Å². The molecule has 8 heteroatoms. The molecule has 2 atom stereocenters. The zero-order valence-corrected chi connectivity index (χ0v) is 15.4. The van der Waals surface area contributed by atoms with Crippen molar-refractivity contribution in [2.45, 2.75) is 38.4 Å². The SMILES string of the molecule is COc1cccc(C)c1C1CC(O)C(=O)N1Cc1ccc(OC(F)(F)F)cc1. The van der Waals surface area contributed by atoms with Crippen LogP contribution in [0.1, 0.15) is 29.2 Å². The minimum absolute atomic E-state index is 0.143. The van der Waals surface area contributed by atoms with Gasteiger partial charge in [0.25, 0.3) is 5.91 Å². The number of hydrogen-bond acceptors (Lipinski definition) is 4. The van der Waals surface area contributed by atoms with E-state index in [1.165, 1.54) is 36.3 Å². The monoisotopic (exact) mass is 395 g/mol. The van der Waals surface area contributed by atoms with E-state index >= 15 is 0 Å². The van der Waals surface area contributed by atoms with E-state index in [9.17, 15) is 23.1 Å². The number of methoxy groups -OCH3 is 1. The van der Waals surface area contributed by atoms with Crippen LogP contribution in [0.2, 0.25) is 0 Å². The molecule has 1 N–H and O–H groups in total. The summed E-state index contributed by atoms with van der Waals surface area (Å²) < 4.78 is 46.2. The van der Waals surface area contributed by atoms with Crippen molar-refractivity contribution in [3.05, 3.63) is 59.2 Å². The highest BCUT2D eigenvalue weighted by Gasteiger charge is 2.41. The van der Waals surface area contributed by atoms with Gasteiger partial charge in [0.1, 0.15) is 17.6 Å². The molecule has 1 aliphatic rings. The van der Waals surface area contributed by atoms with Crippen LogP contribution in [0, 0.1) is 6.92 Å². The van der Waals surface area contributed by atoms with Gasteiger partial charge in [-0.2, -0.15) is 0 Å². The summed E-state index contributed by atoms with van der Waals surface area (Å²) in [6.45, 7) is 2.04. The fourth-order valence-electron chi connectivity index (χ4n) is 3.50. The third kappa shape index (κ3) is 4.22. The molecular formula is C20H20F3NO4. The van der Waals surface area contributed by atoms with E-state index in [4.69, 9.17) is 4.74 Å². The van der Waals surface area contributed by atoms with Gasteiger partial charge in [0, 0.05) is 18.5 Å². The number of alkyl halides is 3. The van der Waals surface area contributed by atoms with Gasteiger partial charge in [-0.3, -0.25) is 4.79 Å². The predicted octanol–water partition coefficient (Wildman–Crippen LogP) is 3.74. The summed E-state index contributed by atoms with van der Waals surface area (Å²) in [6.07, 6.45) is -5.68. The Bertz CT molecular complexity index is 852. The van der Waals surface area contributed by atoms with Crippen LogP contribution in [-0.2, 0) is 11.3 Å². The molecule has 1 fully saturated rings. The predicted molar refractivity (Wildman–Crippen MR) is 94.8 cm³/mol. The topological polar surface area (TPSA) is 59.0 Å². The minimum atomic E-state index is -4.76. The lowest BCUT2D eigenvalue weighted by Crippen LogP contribution is -2.31. The molecule has 1 amide bonds. The first-order chi connectivity index (χ1) is 13.2. The fraction of sp³-hybridized carbons (Fsp3) is 0.350. The molecule has 0 aliphatic carbocycles. The van der Waals surface area contributed by atoms with E-state index in [1.54, 1.807) is 6.07 Å². The van der Waals surface area contributed by atoms with E-state index in [-0.39, 0.29) is 18.7 Å². The molecule has 3 rings (SSSR count). The Morgan fingerprint density at radius 2 is 1.86 bits per heavy atom. The van der Waals surface area contributed by atoms with Gasteiger partial charge in [-0.25, -0.2) is 0 Å². The summed E-state index contributed by atoms with van der Waals surface area (Å²) >= 11 is 0. The third-order valence-electron chi connectivity index (χ3n) is 4.74. The van der Waals surface area contributed by atoms with E-state index in [0.29, 0.717) is 11.3 Å². The number of rotatable bonds is 5. The number of carbonyl (C=O) groups is 1. The first-order valence-electron chi connectivity index (χ1n) is 8.66. The lowest BCUT2D eigenvalue weighted by atomic mass is 9.97. The van der Waals surface area contributed by atoms with Gasteiger partial charge >= 0.3 is 6.36 Å². The van der Waals surface area contributed by atoms with Crippen LogP contribution in [0.4, 0.5) is 13.2 Å². The van der Waals surface area contributed by atoms with Crippen LogP contribution in [0.25, 0.3) is 0 Å². The molecule has 0 spiro atoms. The normalized spacial score (nSPS) is 19.8. The Hall–Kier alpha value is -2.74. The van der Waals surface area contributed by atoms with Crippen LogP contribution in [-0.4, -0.2) is 35.5 Å².